The van der Waals surface area contributed by atoms with Crippen molar-refractivity contribution >= 4 is 29.2 Å². The van der Waals surface area contributed by atoms with E-state index in [2.05, 4.69) is 14.8 Å². The highest BCUT2D eigenvalue weighted by Gasteiger charge is 2.35. The maximum atomic E-state index is 12.4. The Balaban J connectivity index is 1.34. The monoisotopic (exact) mass is 534 g/mol. The van der Waals surface area contributed by atoms with Gasteiger partial charge in [0, 0.05) is 51.0 Å². The van der Waals surface area contributed by atoms with Crippen molar-refractivity contribution in [2.75, 3.05) is 77.6 Å². The summed E-state index contributed by atoms with van der Waals surface area (Å²) in [6, 6.07) is 3.88. The van der Waals surface area contributed by atoms with Gasteiger partial charge < -0.3 is 29.7 Å². The second-order valence-electron chi connectivity index (χ2n) is 9.93. The number of amides is 1. The number of rotatable bonds is 9. The molecule has 0 atom stereocenters. The minimum atomic E-state index is -0.603. The largest absolute Gasteiger partial charge is 0.491 e. The van der Waals surface area contributed by atoms with Gasteiger partial charge >= 0.3 is 0 Å². The number of hydrogen-bond acceptors (Lipinski definition) is 11. The van der Waals surface area contributed by atoms with Crippen molar-refractivity contribution in [3.05, 3.63) is 35.2 Å². The van der Waals surface area contributed by atoms with E-state index in [1.165, 1.54) is 6.20 Å². The Morgan fingerprint density at radius 3 is 2.69 bits per heavy atom. The molecule has 0 bridgehead atoms. The maximum absolute atomic E-state index is 12.4. The number of amidine groups is 2. The lowest BCUT2D eigenvalue weighted by Crippen LogP contribution is -2.40. The maximum Gasteiger partial charge on any atom is 0.252 e. The van der Waals surface area contributed by atoms with Gasteiger partial charge in [-0.1, -0.05) is 0 Å². The summed E-state index contributed by atoms with van der Waals surface area (Å²) in [5.74, 6) is 2.39. The van der Waals surface area contributed by atoms with Crippen LogP contribution in [0, 0.1) is 0 Å². The molecule has 0 spiro atoms. The summed E-state index contributed by atoms with van der Waals surface area (Å²) in [7, 11) is 1.61. The molecule has 2 saturated heterocycles. The van der Waals surface area contributed by atoms with Crippen LogP contribution >= 0.6 is 0 Å². The third-order valence-corrected chi connectivity index (χ3v) is 7.48. The number of carbonyl (C=O) groups excluding carboxylic acids is 1. The highest BCUT2D eigenvalue weighted by molar-refractivity contribution is 6.22. The number of nitrogens with zero attached hydrogens (tertiary/aromatic N) is 7. The number of morpholine rings is 1. The van der Waals surface area contributed by atoms with Gasteiger partial charge in [0.25, 0.3) is 5.91 Å². The topological polar surface area (TPSA) is 131 Å². The van der Waals surface area contributed by atoms with Crippen LogP contribution in [0.25, 0.3) is 0 Å². The fourth-order valence-corrected chi connectivity index (χ4v) is 5.47. The Bertz CT molecular complexity index is 1300. The van der Waals surface area contributed by atoms with Gasteiger partial charge in [-0.2, -0.15) is 0 Å². The summed E-state index contributed by atoms with van der Waals surface area (Å²) in [6.07, 6.45) is 4.56. The van der Waals surface area contributed by atoms with Gasteiger partial charge in [0.15, 0.2) is 17.3 Å². The number of benzene rings is 1. The summed E-state index contributed by atoms with van der Waals surface area (Å²) < 4.78 is 17.4. The van der Waals surface area contributed by atoms with Crippen LogP contribution in [0.4, 0.5) is 11.6 Å². The van der Waals surface area contributed by atoms with Gasteiger partial charge in [0.05, 0.1) is 39.0 Å². The smallest absolute Gasteiger partial charge is 0.252 e. The SMILES string of the molecule is COc1c(OCCCN2CCOCC2)ccc2c1N=C(c1nc(N3CCCC3)ncc1C(N)=O)N1CCN=C21. The van der Waals surface area contributed by atoms with Crippen LogP contribution in [0.2, 0.25) is 0 Å². The highest BCUT2D eigenvalue weighted by atomic mass is 16.5. The molecule has 2 N–H and O–H groups in total. The van der Waals surface area contributed by atoms with E-state index in [-0.39, 0.29) is 5.56 Å². The Kier molecular flexibility index (Phi) is 7.29. The Morgan fingerprint density at radius 2 is 1.92 bits per heavy atom. The summed E-state index contributed by atoms with van der Waals surface area (Å²) in [4.78, 5) is 38.0. The zero-order valence-electron chi connectivity index (χ0n) is 22.3. The number of carbonyl (C=O) groups is 1. The molecule has 1 aromatic heterocycles. The normalized spacial score (nSPS) is 18.9. The molecule has 0 aliphatic carbocycles. The van der Waals surface area contributed by atoms with Gasteiger partial charge in [0.1, 0.15) is 17.2 Å². The van der Waals surface area contributed by atoms with E-state index >= 15 is 0 Å². The molecule has 2 aromatic rings. The van der Waals surface area contributed by atoms with Crippen LogP contribution in [0.5, 0.6) is 11.5 Å². The van der Waals surface area contributed by atoms with Crippen molar-refractivity contribution in [3.63, 3.8) is 0 Å². The van der Waals surface area contributed by atoms with Gasteiger partial charge in [-0.3, -0.25) is 14.7 Å². The second kappa shape index (κ2) is 11.1. The number of aliphatic imine (C=N–C) groups is 2. The third-order valence-electron chi connectivity index (χ3n) is 7.48. The Morgan fingerprint density at radius 1 is 1.10 bits per heavy atom. The fraction of sp³-hybridized carbons (Fsp3) is 0.519. The molecule has 6 rings (SSSR count). The standard InChI is InChI=1S/C27H34N8O4/c1-37-23-20(39-14-4-8-33-12-15-38-16-13-33)6-5-18-21(23)31-26(35-11-7-29-25(18)35)22-19(24(28)36)17-30-27(32-22)34-9-2-3-10-34/h5-6,17H,2-4,7-16H2,1H3,(H2,28,36). The minimum Gasteiger partial charge on any atom is -0.491 e. The van der Waals surface area contributed by atoms with E-state index in [1.807, 2.05) is 17.0 Å². The van der Waals surface area contributed by atoms with Crippen molar-refractivity contribution < 1.29 is 19.0 Å². The molecular weight excluding hydrogens is 500 g/mol. The quantitative estimate of drug-likeness (QED) is 0.475. The molecular formula is C27H34N8O4. The van der Waals surface area contributed by atoms with Crippen LogP contribution in [-0.4, -0.2) is 110 Å². The molecule has 39 heavy (non-hydrogen) atoms. The molecule has 12 nitrogen and oxygen atoms in total. The zero-order chi connectivity index (χ0) is 26.8. The van der Waals surface area contributed by atoms with Crippen LogP contribution in [-0.2, 0) is 4.74 Å². The molecule has 4 aliphatic heterocycles. The zero-order valence-corrected chi connectivity index (χ0v) is 22.3. The van der Waals surface area contributed by atoms with Crippen molar-refractivity contribution in [1.29, 1.82) is 0 Å². The lowest BCUT2D eigenvalue weighted by molar-refractivity contribution is 0.0357. The van der Waals surface area contributed by atoms with Crippen molar-refractivity contribution in [2.45, 2.75) is 19.3 Å². The summed E-state index contributed by atoms with van der Waals surface area (Å²) in [6.45, 7) is 7.95. The molecule has 4 aliphatic rings. The fourth-order valence-electron chi connectivity index (χ4n) is 5.47. The number of anilines is 1. The number of methoxy groups -OCH3 is 1. The number of hydrogen-bond donors (Lipinski definition) is 1. The van der Waals surface area contributed by atoms with Crippen LogP contribution in [0.15, 0.2) is 28.3 Å². The predicted molar refractivity (Wildman–Crippen MR) is 147 cm³/mol. The number of nitrogens with two attached hydrogens (primary N) is 1. The van der Waals surface area contributed by atoms with Crippen molar-refractivity contribution in [2.24, 2.45) is 15.7 Å². The lowest BCUT2D eigenvalue weighted by atomic mass is 10.1. The molecule has 0 saturated carbocycles. The van der Waals surface area contributed by atoms with Gasteiger partial charge in [0.2, 0.25) is 5.95 Å². The first-order valence-electron chi connectivity index (χ1n) is 13.6. The number of ether oxygens (including phenoxy) is 3. The van der Waals surface area contributed by atoms with E-state index in [4.69, 9.17) is 34.9 Å². The molecule has 1 amide bonds. The van der Waals surface area contributed by atoms with Crippen LogP contribution in [0.3, 0.4) is 0 Å². The molecule has 5 heterocycles. The van der Waals surface area contributed by atoms with Gasteiger partial charge in [-0.25, -0.2) is 15.0 Å². The average Bonchev–Trinajstić information content (AvgIpc) is 3.68. The first-order chi connectivity index (χ1) is 19.1. The molecule has 206 valence electrons. The minimum absolute atomic E-state index is 0.223. The molecule has 0 unspecified atom stereocenters. The van der Waals surface area contributed by atoms with Gasteiger partial charge in [-0.15, -0.1) is 0 Å². The number of primary amides is 1. The van der Waals surface area contributed by atoms with E-state index in [0.717, 1.165) is 76.6 Å². The molecule has 1 aromatic carbocycles. The molecule has 2 fully saturated rings. The lowest BCUT2D eigenvalue weighted by Gasteiger charge is -2.29. The van der Waals surface area contributed by atoms with Crippen LogP contribution in [0.1, 0.15) is 40.9 Å². The number of aromatic nitrogens is 2. The predicted octanol–water partition coefficient (Wildman–Crippen LogP) is 1.44. The third kappa shape index (κ3) is 5.01. The van der Waals surface area contributed by atoms with E-state index in [9.17, 15) is 4.79 Å². The summed E-state index contributed by atoms with van der Waals surface area (Å²) in [5.41, 5.74) is 7.85. The van der Waals surface area contributed by atoms with Crippen molar-refractivity contribution in [3.8, 4) is 11.5 Å². The average molecular weight is 535 g/mol. The molecule has 12 heteroatoms. The van der Waals surface area contributed by atoms with Crippen molar-refractivity contribution in [1.82, 2.24) is 19.8 Å². The number of fused-ring (bicyclic) bond motifs is 3. The van der Waals surface area contributed by atoms with E-state index < -0.39 is 5.91 Å². The Labute approximate surface area is 227 Å². The van der Waals surface area contributed by atoms with E-state index in [1.54, 1.807) is 7.11 Å². The van der Waals surface area contributed by atoms with Gasteiger partial charge in [-0.05, 0) is 31.4 Å². The highest BCUT2D eigenvalue weighted by Crippen LogP contribution is 2.44. The molecule has 0 radical (unpaired) electrons. The summed E-state index contributed by atoms with van der Waals surface area (Å²) >= 11 is 0. The second-order valence-corrected chi connectivity index (χ2v) is 9.93. The van der Waals surface area contributed by atoms with Crippen LogP contribution < -0.4 is 20.1 Å². The summed E-state index contributed by atoms with van der Waals surface area (Å²) in [5, 5.41) is 0. The Hall–Kier alpha value is -3.77. The first kappa shape index (κ1) is 25.5. The van der Waals surface area contributed by atoms with E-state index in [0.29, 0.717) is 54.4 Å². The first-order valence-corrected chi connectivity index (χ1v) is 13.6.